The molecule has 8 rings (SSSR count). The zero-order valence-corrected chi connectivity index (χ0v) is 23.0. The number of thiophene rings is 1. The van der Waals surface area contributed by atoms with Crippen molar-refractivity contribution in [3.8, 4) is 23.3 Å². The number of benzene rings is 1. The lowest BCUT2D eigenvalue weighted by atomic mass is 9.75. The molecule has 200 valence electrons. The summed E-state index contributed by atoms with van der Waals surface area (Å²) in [4.78, 5) is 23.1. The van der Waals surface area contributed by atoms with E-state index in [0.717, 1.165) is 55.0 Å². The van der Waals surface area contributed by atoms with E-state index in [0.29, 0.717) is 58.0 Å². The van der Waals surface area contributed by atoms with E-state index in [2.05, 4.69) is 15.9 Å². The molecule has 0 saturated carbocycles. The first-order valence-corrected chi connectivity index (χ1v) is 14.1. The number of nitrogens with two attached hydrogens (primary N) is 1. The lowest BCUT2D eigenvalue weighted by Gasteiger charge is -2.41. The Labute approximate surface area is 230 Å². The lowest BCUT2D eigenvalue weighted by molar-refractivity contribution is -0.116. The SMILES string of the molecule is COc1cc(C2C(C#N)=C3N=C(N)c4c(sc5c4C4CCN5CC4)N3C3=C2C(=O)CCC3)cc(OC)c1OC. The van der Waals surface area contributed by atoms with Crippen LogP contribution in [-0.2, 0) is 4.79 Å². The predicted molar refractivity (Wildman–Crippen MR) is 149 cm³/mol. The maximum atomic E-state index is 13.7. The fourth-order valence-electron chi connectivity index (χ4n) is 6.95. The van der Waals surface area contributed by atoms with E-state index < -0.39 is 5.92 Å². The Hall–Kier alpha value is -3.97. The Morgan fingerprint density at radius 1 is 1.08 bits per heavy atom. The maximum Gasteiger partial charge on any atom is 0.203 e. The van der Waals surface area contributed by atoms with Crippen LogP contribution in [0.25, 0.3) is 0 Å². The van der Waals surface area contributed by atoms with Crippen molar-refractivity contribution in [2.75, 3.05) is 44.2 Å². The number of anilines is 2. The van der Waals surface area contributed by atoms with Crippen LogP contribution in [0, 0.1) is 11.3 Å². The van der Waals surface area contributed by atoms with E-state index in [-0.39, 0.29) is 5.78 Å². The quantitative estimate of drug-likeness (QED) is 0.598. The summed E-state index contributed by atoms with van der Waals surface area (Å²) in [6.07, 6.45) is 4.14. The van der Waals surface area contributed by atoms with Gasteiger partial charge in [0.1, 0.15) is 10.8 Å². The van der Waals surface area contributed by atoms with E-state index in [9.17, 15) is 10.1 Å². The molecule has 10 heteroatoms. The molecule has 1 aliphatic carbocycles. The zero-order chi connectivity index (χ0) is 27.0. The largest absolute Gasteiger partial charge is 0.493 e. The maximum absolute atomic E-state index is 13.7. The van der Waals surface area contributed by atoms with Crippen molar-refractivity contribution in [2.24, 2.45) is 10.7 Å². The number of fused-ring (bicyclic) bond motifs is 6. The number of Topliss-reactive ketones (excluding diaryl/α,β-unsaturated/α-hetero) is 1. The van der Waals surface area contributed by atoms with Gasteiger partial charge in [-0.25, -0.2) is 4.99 Å². The van der Waals surface area contributed by atoms with Gasteiger partial charge in [0.05, 0.1) is 49.5 Å². The van der Waals surface area contributed by atoms with Gasteiger partial charge in [0.15, 0.2) is 23.1 Å². The van der Waals surface area contributed by atoms with E-state index in [1.165, 1.54) is 10.6 Å². The molecule has 6 aliphatic rings. The van der Waals surface area contributed by atoms with Gasteiger partial charge in [-0.2, -0.15) is 5.26 Å². The highest BCUT2D eigenvalue weighted by Gasteiger charge is 2.47. The molecule has 1 unspecified atom stereocenters. The molecular formula is C29H29N5O4S. The number of hydrogen-bond acceptors (Lipinski definition) is 10. The number of hydrogen-bond donors (Lipinski definition) is 1. The van der Waals surface area contributed by atoms with Gasteiger partial charge in [0.25, 0.3) is 0 Å². The summed E-state index contributed by atoms with van der Waals surface area (Å²) in [7, 11) is 4.66. The Morgan fingerprint density at radius 2 is 1.79 bits per heavy atom. The van der Waals surface area contributed by atoms with Crippen LogP contribution in [-0.4, -0.2) is 46.0 Å². The van der Waals surface area contributed by atoms with Gasteiger partial charge in [0, 0.05) is 36.3 Å². The van der Waals surface area contributed by atoms with Crippen LogP contribution < -0.4 is 29.7 Å². The van der Waals surface area contributed by atoms with Crippen molar-refractivity contribution in [1.29, 1.82) is 5.26 Å². The highest BCUT2D eigenvalue weighted by atomic mass is 32.1. The number of rotatable bonds is 4. The summed E-state index contributed by atoms with van der Waals surface area (Å²) in [5, 5.41) is 12.9. The standard InChI is InChI=1S/C29H29N5O4S/c1-36-19-11-15(12-20(37-2)25(19)38-3)21-16(13-30)27-32-26(31)24-22-14-7-9-33(10-8-14)28(22)39-29(24)34(27)17-5-4-6-18(35)23(17)21/h11-12,14,21H,4-10H2,1-3H3,(H2,31,32). The van der Waals surface area contributed by atoms with Crippen molar-refractivity contribution in [1.82, 2.24) is 0 Å². The highest BCUT2D eigenvalue weighted by Crippen LogP contribution is 2.58. The molecule has 2 bridgehead atoms. The monoisotopic (exact) mass is 543 g/mol. The molecular weight excluding hydrogens is 514 g/mol. The number of allylic oxidation sites excluding steroid dienone is 3. The van der Waals surface area contributed by atoms with Gasteiger partial charge in [-0.3, -0.25) is 9.69 Å². The molecule has 5 aliphatic heterocycles. The van der Waals surface area contributed by atoms with E-state index in [4.69, 9.17) is 24.9 Å². The number of aliphatic imine (C=N–C) groups is 1. The van der Waals surface area contributed by atoms with Gasteiger partial charge in [-0.1, -0.05) is 11.3 Å². The van der Waals surface area contributed by atoms with Crippen LogP contribution in [0.5, 0.6) is 17.2 Å². The van der Waals surface area contributed by atoms with Crippen LogP contribution in [0.1, 0.15) is 60.6 Å². The molecule has 0 amide bonds. The molecule has 1 atom stereocenters. The number of methoxy groups -OCH3 is 3. The minimum absolute atomic E-state index is 0.0519. The number of amidine groups is 1. The molecule has 9 nitrogen and oxygen atoms in total. The molecule has 6 heterocycles. The summed E-state index contributed by atoms with van der Waals surface area (Å²) in [5.41, 5.74) is 11.7. The second kappa shape index (κ2) is 8.78. The lowest BCUT2D eigenvalue weighted by Crippen LogP contribution is -2.40. The number of ether oxygens (including phenoxy) is 3. The summed E-state index contributed by atoms with van der Waals surface area (Å²) in [6.45, 7) is 2.10. The van der Waals surface area contributed by atoms with E-state index in [1.54, 1.807) is 32.7 Å². The Kier molecular flexibility index (Phi) is 5.42. The topological polar surface area (TPSA) is 113 Å². The molecule has 2 N–H and O–H groups in total. The van der Waals surface area contributed by atoms with E-state index >= 15 is 0 Å². The number of carbonyl (C=O) groups excluding carboxylic acids is 1. The Balaban J connectivity index is 1.49. The Morgan fingerprint density at radius 3 is 2.44 bits per heavy atom. The highest BCUT2D eigenvalue weighted by molar-refractivity contribution is 7.21. The summed E-state index contributed by atoms with van der Waals surface area (Å²) < 4.78 is 16.8. The average molecular weight is 544 g/mol. The number of ketones is 1. The van der Waals surface area contributed by atoms with Crippen LogP contribution in [0.3, 0.4) is 0 Å². The summed E-state index contributed by atoms with van der Waals surface area (Å²) in [6, 6.07) is 6.07. The second-order valence-corrected chi connectivity index (χ2v) is 11.5. The fourth-order valence-corrected chi connectivity index (χ4v) is 8.43. The van der Waals surface area contributed by atoms with Gasteiger partial charge in [0.2, 0.25) is 5.75 Å². The third-order valence-electron chi connectivity index (χ3n) is 8.65. The Bertz CT molecular complexity index is 1550. The molecule has 1 saturated heterocycles. The van der Waals surface area contributed by atoms with Crippen molar-refractivity contribution in [3.63, 3.8) is 0 Å². The zero-order valence-electron chi connectivity index (χ0n) is 22.2. The first kappa shape index (κ1) is 24.1. The average Bonchev–Trinajstić information content (AvgIpc) is 3.40. The smallest absolute Gasteiger partial charge is 0.203 e. The van der Waals surface area contributed by atoms with Gasteiger partial charge < -0.3 is 24.8 Å². The molecule has 2 aromatic rings. The normalized spacial score (nSPS) is 21.6. The minimum atomic E-state index is -0.620. The summed E-state index contributed by atoms with van der Waals surface area (Å²) >= 11 is 1.72. The second-order valence-electron chi connectivity index (χ2n) is 10.5. The van der Waals surface area contributed by atoms with Crippen molar-refractivity contribution in [3.05, 3.63) is 51.5 Å². The number of nitrogens with zero attached hydrogens (tertiary/aromatic N) is 4. The van der Waals surface area contributed by atoms with Gasteiger partial charge in [-0.15, -0.1) is 0 Å². The molecule has 1 fully saturated rings. The van der Waals surface area contributed by atoms with Crippen LogP contribution in [0.4, 0.5) is 10.0 Å². The van der Waals surface area contributed by atoms with E-state index in [1.807, 2.05) is 12.1 Å². The number of nitriles is 1. The van der Waals surface area contributed by atoms with Crippen LogP contribution >= 0.6 is 11.3 Å². The van der Waals surface area contributed by atoms with Crippen molar-refractivity contribution >= 4 is 33.0 Å². The molecule has 39 heavy (non-hydrogen) atoms. The van der Waals surface area contributed by atoms with Crippen LogP contribution in [0.15, 0.2) is 39.8 Å². The van der Waals surface area contributed by atoms with Crippen molar-refractivity contribution < 1.29 is 19.0 Å². The first-order chi connectivity index (χ1) is 19.0. The van der Waals surface area contributed by atoms with Gasteiger partial charge >= 0.3 is 0 Å². The number of piperidine rings is 1. The molecule has 0 radical (unpaired) electrons. The van der Waals surface area contributed by atoms with Crippen molar-refractivity contribution in [2.45, 2.75) is 43.9 Å². The third kappa shape index (κ3) is 3.23. The molecule has 1 aromatic carbocycles. The molecule has 0 spiro atoms. The third-order valence-corrected chi connectivity index (χ3v) is 9.90. The number of carbonyl (C=O) groups is 1. The first-order valence-electron chi connectivity index (χ1n) is 13.3. The molecule has 1 aromatic heterocycles. The predicted octanol–water partition coefficient (Wildman–Crippen LogP) is 4.54. The fraction of sp³-hybridized carbons (Fsp3) is 0.414. The minimum Gasteiger partial charge on any atom is -0.493 e. The van der Waals surface area contributed by atoms with Crippen LogP contribution in [0.2, 0.25) is 0 Å². The van der Waals surface area contributed by atoms with Gasteiger partial charge in [-0.05, 0) is 49.3 Å². The summed E-state index contributed by atoms with van der Waals surface area (Å²) in [5.74, 6) is 2.24.